The third-order valence-electron chi connectivity index (χ3n) is 6.41. The van der Waals surface area contributed by atoms with Gasteiger partial charge in [0, 0.05) is 0 Å². The summed E-state index contributed by atoms with van der Waals surface area (Å²) >= 11 is 0. The molecule has 0 bridgehead atoms. The summed E-state index contributed by atoms with van der Waals surface area (Å²) in [5, 5.41) is 0. The van der Waals surface area contributed by atoms with Crippen molar-refractivity contribution < 1.29 is 4.39 Å². The summed E-state index contributed by atoms with van der Waals surface area (Å²) in [6.07, 6.45) is 19.4. The smallest absolute Gasteiger partial charge is 0.0894 e. The molecule has 0 aromatic heterocycles. The maximum atomic E-state index is 12.3. The zero-order valence-electron chi connectivity index (χ0n) is 14.3. The van der Waals surface area contributed by atoms with Crippen LogP contribution in [-0.2, 0) is 0 Å². The van der Waals surface area contributed by atoms with Gasteiger partial charge in [-0.15, -0.1) is 0 Å². The Kier molecular flexibility index (Phi) is 8.11. The first-order valence-electron chi connectivity index (χ1n) is 9.89. The number of hydrogen-bond acceptors (Lipinski definition) is 0. The lowest BCUT2D eigenvalue weighted by Gasteiger charge is -2.38. The van der Waals surface area contributed by atoms with Gasteiger partial charge in [0.05, 0.1) is 6.67 Å². The summed E-state index contributed by atoms with van der Waals surface area (Å²) in [6.45, 7) is 2.20. The van der Waals surface area contributed by atoms with Crippen LogP contribution in [0.15, 0.2) is 0 Å². The van der Waals surface area contributed by atoms with E-state index in [-0.39, 0.29) is 6.67 Å². The zero-order chi connectivity index (χ0) is 14.9. The minimum absolute atomic E-state index is 0.109. The van der Waals surface area contributed by atoms with E-state index in [0.29, 0.717) is 0 Å². The highest BCUT2D eigenvalue weighted by Crippen LogP contribution is 2.43. The molecule has 0 amide bonds. The number of unbranched alkanes of at least 4 members (excludes halogenated alkanes) is 2. The average Bonchev–Trinajstić information content (AvgIpc) is 2.54. The van der Waals surface area contributed by atoms with Crippen molar-refractivity contribution in [2.45, 2.75) is 96.8 Å². The first-order chi connectivity index (χ1) is 10.3. The fraction of sp³-hybridized carbons (Fsp3) is 1.00. The Bertz CT molecular complexity index is 247. The molecule has 1 heteroatoms. The molecule has 0 atom stereocenters. The summed E-state index contributed by atoms with van der Waals surface area (Å²) in [6, 6.07) is 0. The fourth-order valence-corrected chi connectivity index (χ4v) is 4.95. The Morgan fingerprint density at radius 1 is 0.667 bits per heavy atom. The highest BCUT2D eigenvalue weighted by Gasteiger charge is 2.30. The minimum Gasteiger partial charge on any atom is -0.251 e. The molecule has 124 valence electrons. The van der Waals surface area contributed by atoms with Crippen molar-refractivity contribution in [3.63, 3.8) is 0 Å². The SMILES string of the molecule is CCCCC[C@H]1CC[C@H]([C@H]2CC[C@H](CCCF)CC2)CC1. The van der Waals surface area contributed by atoms with Crippen LogP contribution in [0.2, 0.25) is 0 Å². The Balaban J connectivity index is 1.60. The van der Waals surface area contributed by atoms with Gasteiger partial charge in [-0.3, -0.25) is 4.39 Å². The molecule has 0 radical (unpaired) electrons. The zero-order valence-corrected chi connectivity index (χ0v) is 14.3. The third-order valence-corrected chi connectivity index (χ3v) is 6.41. The second-order valence-electron chi connectivity index (χ2n) is 7.89. The fourth-order valence-electron chi connectivity index (χ4n) is 4.95. The monoisotopic (exact) mass is 296 g/mol. The van der Waals surface area contributed by atoms with Gasteiger partial charge in [-0.2, -0.15) is 0 Å². The van der Waals surface area contributed by atoms with Crippen LogP contribution in [-0.4, -0.2) is 6.67 Å². The highest BCUT2D eigenvalue weighted by molar-refractivity contribution is 4.82. The molecule has 0 unspecified atom stereocenters. The summed E-state index contributed by atoms with van der Waals surface area (Å²) in [4.78, 5) is 0. The number of hydrogen-bond donors (Lipinski definition) is 0. The summed E-state index contributed by atoms with van der Waals surface area (Å²) < 4.78 is 12.3. The Morgan fingerprint density at radius 2 is 1.14 bits per heavy atom. The molecule has 0 heterocycles. The van der Waals surface area contributed by atoms with Gasteiger partial charge < -0.3 is 0 Å². The largest absolute Gasteiger partial charge is 0.251 e. The van der Waals surface area contributed by atoms with E-state index < -0.39 is 0 Å². The van der Waals surface area contributed by atoms with Crippen LogP contribution in [0.4, 0.5) is 4.39 Å². The Labute approximate surface area is 132 Å². The van der Waals surface area contributed by atoms with E-state index in [4.69, 9.17) is 0 Å². The van der Waals surface area contributed by atoms with Gasteiger partial charge in [0.2, 0.25) is 0 Å². The number of halogens is 1. The van der Waals surface area contributed by atoms with Crippen molar-refractivity contribution in [3.05, 3.63) is 0 Å². The van der Waals surface area contributed by atoms with E-state index in [9.17, 15) is 4.39 Å². The van der Waals surface area contributed by atoms with Crippen molar-refractivity contribution >= 4 is 0 Å². The van der Waals surface area contributed by atoms with Crippen molar-refractivity contribution in [2.75, 3.05) is 6.67 Å². The summed E-state index contributed by atoms with van der Waals surface area (Å²) in [5.74, 6) is 3.95. The second-order valence-corrected chi connectivity index (χ2v) is 7.89. The van der Waals surface area contributed by atoms with Crippen LogP contribution in [0.25, 0.3) is 0 Å². The van der Waals surface area contributed by atoms with Crippen LogP contribution >= 0.6 is 0 Å². The van der Waals surface area contributed by atoms with E-state index >= 15 is 0 Å². The van der Waals surface area contributed by atoms with Crippen molar-refractivity contribution in [1.29, 1.82) is 0 Å². The molecule has 2 aliphatic carbocycles. The minimum atomic E-state index is -0.109. The average molecular weight is 297 g/mol. The molecule has 21 heavy (non-hydrogen) atoms. The molecule has 0 spiro atoms. The molecule has 2 rings (SSSR count). The first kappa shape index (κ1) is 17.3. The first-order valence-corrected chi connectivity index (χ1v) is 9.89. The van der Waals surface area contributed by atoms with Gasteiger partial charge in [-0.25, -0.2) is 0 Å². The van der Waals surface area contributed by atoms with Gasteiger partial charge in [0.15, 0.2) is 0 Å². The lowest BCUT2D eigenvalue weighted by Crippen LogP contribution is -2.26. The number of alkyl halides is 1. The molecule has 0 saturated heterocycles. The molecule has 0 aromatic rings. The van der Waals surface area contributed by atoms with Gasteiger partial charge >= 0.3 is 0 Å². The van der Waals surface area contributed by atoms with Crippen molar-refractivity contribution in [2.24, 2.45) is 23.7 Å². The molecule has 2 fully saturated rings. The Morgan fingerprint density at radius 3 is 1.57 bits per heavy atom. The van der Waals surface area contributed by atoms with Crippen LogP contribution in [0.5, 0.6) is 0 Å². The molecule has 0 N–H and O–H groups in total. The number of rotatable bonds is 8. The topological polar surface area (TPSA) is 0 Å². The molecule has 2 saturated carbocycles. The van der Waals surface area contributed by atoms with Crippen molar-refractivity contribution in [1.82, 2.24) is 0 Å². The van der Waals surface area contributed by atoms with Gasteiger partial charge in [0.25, 0.3) is 0 Å². The van der Waals surface area contributed by atoms with Crippen molar-refractivity contribution in [3.8, 4) is 0 Å². The molecular weight excluding hydrogens is 259 g/mol. The van der Waals surface area contributed by atoms with E-state index in [0.717, 1.165) is 36.5 Å². The lowest BCUT2D eigenvalue weighted by atomic mass is 9.68. The predicted octanol–water partition coefficient (Wildman–Crippen LogP) is 6.93. The van der Waals surface area contributed by atoms with Crippen LogP contribution in [0, 0.1) is 23.7 Å². The highest BCUT2D eigenvalue weighted by atomic mass is 19.1. The van der Waals surface area contributed by atoms with E-state index in [1.54, 1.807) is 0 Å². The van der Waals surface area contributed by atoms with E-state index in [1.165, 1.54) is 77.0 Å². The normalized spacial score (nSPS) is 34.0. The molecule has 2 aliphatic rings. The second kappa shape index (κ2) is 9.85. The maximum Gasteiger partial charge on any atom is 0.0894 e. The van der Waals surface area contributed by atoms with Crippen LogP contribution in [0.3, 0.4) is 0 Å². The van der Waals surface area contributed by atoms with E-state index in [1.807, 2.05) is 0 Å². The molecule has 0 aliphatic heterocycles. The Hall–Kier alpha value is -0.0700. The van der Waals surface area contributed by atoms with Crippen LogP contribution in [0.1, 0.15) is 96.8 Å². The lowest BCUT2D eigenvalue weighted by molar-refractivity contribution is 0.139. The van der Waals surface area contributed by atoms with Gasteiger partial charge in [0.1, 0.15) is 0 Å². The summed E-state index contributed by atoms with van der Waals surface area (Å²) in [7, 11) is 0. The van der Waals surface area contributed by atoms with Gasteiger partial charge in [-0.1, -0.05) is 58.3 Å². The third kappa shape index (κ3) is 5.91. The van der Waals surface area contributed by atoms with Gasteiger partial charge in [-0.05, 0) is 62.2 Å². The van der Waals surface area contributed by atoms with Crippen LogP contribution < -0.4 is 0 Å². The summed E-state index contributed by atoms with van der Waals surface area (Å²) in [5.41, 5.74) is 0. The molecule has 0 aromatic carbocycles. The molecular formula is C20H37F. The molecule has 0 nitrogen and oxygen atoms in total. The quantitative estimate of drug-likeness (QED) is 0.426. The maximum absolute atomic E-state index is 12.3. The van der Waals surface area contributed by atoms with E-state index in [2.05, 4.69) is 6.92 Å². The standard InChI is InChI=1S/C20H37F/c1-2-3-4-6-17-8-12-19(13-9-17)20-14-10-18(11-15-20)7-5-16-21/h17-20H,2-16H2,1H3/t17-,18-,19-,20-. The predicted molar refractivity (Wildman–Crippen MR) is 90.2 cm³/mol.